The zero-order valence-electron chi connectivity index (χ0n) is 23.9. The number of rotatable bonds is 3. The molecule has 1 saturated heterocycles. The Morgan fingerprint density at radius 2 is 1.69 bits per heavy atom. The normalized spacial score (nSPS) is 51.4. The lowest BCUT2D eigenvalue weighted by atomic mass is 9.43. The molecule has 0 unspecified atom stereocenters. The van der Waals surface area contributed by atoms with E-state index in [2.05, 4.69) is 41.5 Å². The Labute approximate surface area is 218 Å². The Morgan fingerprint density at radius 1 is 1.03 bits per heavy atom. The monoisotopic (exact) mass is 502 g/mol. The fourth-order valence-corrected chi connectivity index (χ4v) is 10.6. The highest BCUT2D eigenvalue weighted by molar-refractivity contribution is 5.70. The van der Waals surface area contributed by atoms with E-state index in [-0.39, 0.29) is 39.8 Å². The van der Waals surface area contributed by atoms with Crippen molar-refractivity contribution in [2.45, 2.75) is 125 Å². The highest BCUT2D eigenvalue weighted by atomic mass is 16.6. The number of aliphatic hydroxyl groups excluding tert-OH is 1. The maximum atomic E-state index is 12.1. The lowest BCUT2D eigenvalue weighted by molar-refractivity contribution is -0.286. The number of fused-ring (bicyclic) bond motifs is 3. The third-order valence-electron chi connectivity index (χ3n) is 13.3. The smallest absolute Gasteiger partial charge is 0.306 e. The highest BCUT2D eigenvalue weighted by Gasteiger charge is 2.69. The summed E-state index contributed by atoms with van der Waals surface area (Å²) in [6.45, 7) is 17.7. The van der Waals surface area contributed by atoms with Gasteiger partial charge in [-0.1, -0.05) is 66.5 Å². The number of aliphatic carboxylic acids is 1. The fourth-order valence-electron chi connectivity index (χ4n) is 10.6. The first-order valence-electron chi connectivity index (χ1n) is 14.6. The van der Waals surface area contributed by atoms with Crippen LogP contribution in [0.4, 0.5) is 0 Å². The largest absolute Gasteiger partial charge is 0.481 e. The Kier molecular flexibility index (Phi) is 5.97. The van der Waals surface area contributed by atoms with Gasteiger partial charge in [0, 0.05) is 17.8 Å². The van der Waals surface area contributed by atoms with Crippen molar-refractivity contribution in [3.05, 3.63) is 11.1 Å². The van der Waals surface area contributed by atoms with Crippen LogP contribution in [-0.2, 0) is 9.53 Å². The third-order valence-corrected chi connectivity index (χ3v) is 13.3. The van der Waals surface area contributed by atoms with Crippen LogP contribution in [0.1, 0.15) is 107 Å². The highest BCUT2D eigenvalue weighted by Crippen LogP contribution is 2.74. The molecule has 5 aliphatic rings. The van der Waals surface area contributed by atoms with Gasteiger partial charge in [0.1, 0.15) is 0 Å². The molecule has 0 radical (unpaired) electrons. The second-order valence-corrected chi connectivity index (χ2v) is 14.9. The minimum atomic E-state index is -1.45. The number of ether oxygens (including phenoxy) is 1. The molecule has 11 atom stereocenters. The molecule has 5 rings (SSSR count). The molecule has 0 bridgehead atoms. The summed E-state index contributed by atoms with van der Waals surface area (Å²) < 4.78 is 6.91. The van der Waals surface area contributed by atoms with Crippen LogP contribution in [0.5, 0.6) is 0 Å². The van der Waals surface area contributed by atoms with Crippen molar-refractivity contribution in [1.29, 1.82) is 0 Å². The molecule has 5 nitrogen and oxygen atoms in total. The van der Waals surface area contributed by atoms with Gasteiger partial charge >= 0.3 is 5.97 Å². The van der Waals surface area contributed by atoms with E-state index in [4.69, 9.17) is 4.74 Å². The molecule has 2 saturated carbocycles. The predicted molar refractivity (Wildman–Crippen MR) is 140 cm³/mol. The van der Waals surface area contributed by atoms with Crippen LogP contribution < -0.4 is 0 Å². The zero-order valence-corrected chi connectivity index (χ0v) is 23.9. The molecule has 0 spiro atoms. The molecule has 1 aliphatic heterocycles. The van der Waals surface area contributed by atoms with E-state index in [9.17, 15) is 20.1 Å². The minimum Gasteiger partial charge on any atom is -0.481 e. The van der Waals surface area contributed by atoms with Crippen LogP contribution in [0.15, 0.2) is 11.1 Å². The Hall–Kier alpha value is -0.910. The van der Waals surface area contributed by atoms with Crippen molar-refractivity contribution in [3.63, 3.8) is 0 Å². The first kappa shape index (κ1) is 26.7. The van der Waals surface area contributed by atoms with Gasteiger partial charge in [-0.25, -0.2) is 0 Å². The summed E-state index contributed by atoms with van der Waals surface area (Å²) in [4.78, 5) is 11.9. The van der Waals surface area contributed by atoms with E-state index >= 15 is 0 Å². The number of allylic oxidation sites excluding steroid dienone is 1. The molecule has 204 valence electrons. The average molecular weight is 503 g/mol. The topological polar surface area (TPSA) is 87.0 Å². The molecule has 0 aromatic heterocycles. The zero-order chi connectivity index (χ0) is 26.6. The second kappa shape index (κ2) is 8.05. The van der Waals surface area contributed by atoms with Crippen LogP contribution in [-0.4, -0.2) is 39.3 Å². The summed E-state index contributed by atoms with van der Waals surface area (Å²) in [7, 11) is 0. The van der Waals surface area contributed by atoms with Gasteiger partial charge in [0.25, 0.3) is 0 Å². The quantitative estimate of drug-likeness (QED) is 0.401. The first-order chi connectivity index (χ1) is 16.5. The first-order valence-corrected chi connectivity index (χ1v) is 14.6. The molecule has 5 heteroatoms. The van der Waals surface area contributed by atoms with Crippen LogP contribution in [0.25, 0.3) is 0 Å². The summed E-state index contributed by atoms with van der Waals surface area (Å²) >= 11 is 0. The number of carboxylic acid groups (broad SMARTS) is 1. The maximum absolute atomic E-state index is 12.1. The number of hydrogen-bond acceptors (Lipinski definition) is 4. The second-order valence-electron chi connectivity index (χ2n) is 14.9. The molecule has 0 aromatic rings. The van der Waals surface area contributed by atoms with E-state index in [0.717, 1.165) is 44.9 Å². The van der Waals surface area contributed by atoms with Crippen molar-refractivity contribution < 1.29 is 24.9 Å². The number of carbonyl (C=O) groups is 1. The molecule has 4 aliphatic carbocycles. The van der Waals surface area contributed by atoms with E-state index < -0.39 is 23.6 Å². The van der Waals surface area contributed by atoms with Crippen LogP contribution >= 0.6 is 0 Å². The molecule has 0 aromatic carbocycles. The summed E-state index contributed by atoms with van der Waals surface area (Å²) in [6, 6.07) is 0. The lowest BCUT2D eigenvalue weighted by Crippen LogP contribution is -2.59. The van der Waals surface area contributed by atoms with Gasteiger partial charge in [0.15, 0.2) is 5.79 Å². The van der Waals surface area contributed by atoms with Crippen molar-refractivity contribution in [2.24, 2.45) is 51.2 Å². The average Bonchev–Trinajstić information content (AvgIpc) is 3.04. The molecular formula is C31H50O5. The number of hydrogen-bond donors (Lipinski definition) is 3. The minimum absolute atomic E-state index is 0.0191. The Morgan fingerprint density at radius 3 is 2.33 bits per heavy atom. The van der Waals surface area contributed by atoms with Gasteiger partial charge in [-0.05, 0) is 78.9 Å². The van der Waals surface area contributed by atoms with Gasteiger partial charge in [-0.15, -0.1) is 0 Å². The summed E-state index contributed by atoms with van der Waals surface area (Å²) in [5, 5.41) is 32.7. The van der Waals surface area contributed by atoms with Gasteiger partial charge in [0.05, 0.1) is 18.1 Å². The van der Waals surface area contributed by atoms with Crippen LogP contribution in [0, 0.1) is 51.2 Å². The summed E-state index contributed by atoms with van der Waals surface area (Å²) in [6.07, 6.45) is 7.25. The Balaban J connectivity index is 1.62. The van der Waals surface area contributed by atoms with Crippen molar-refractivity contribution >= 4 is 5.97 Å². The van der Waals surface area contributed by atoms with Crippen LogP contribution in [0.3, 0.4) is 0 Å². The SMILES string of the molecule is C[C@@H]1C[C@](O)([C@H](C)[C@@H](C)C(=O)O)O[C@@H]2CC3=C(CC[C@H]4C(C)(C)[C@H](O)CC[C@]34C)[C@]3(C)CC[C@H]1[C@@]23C. The molecule has 36 heavy (non-hydrogen) atoms. The van der Waals surface area contributed by atoms with Gasteiger partial charge in [-0.2, -0.15) is 0 Å². The molecule has 3 fully saturated rings. The molecule has 3 N–H and O–H groups in total. The molecular weight excluding hydrogens is 452 g/mol. The maximum Gasteiger partial charge on any atom is 0.306 e. The van der Waals surface area contributed by atoms with Gasteiger partial charge in [-0.3, -0.25) is 4.79 Å². The van der Waals surface area contributed by atoms with Gasteiger partial charge < -0.3 is 20.1 Å². The summed E-state index contributed by atoms with van der Waals surface area (Å²) in [5.41, 5.74) is 3.03. The van der Waals surface area contributed by atoms with E-state index in [0.29, 0.717) is 18.3 Å². The van der Waals surface area contributed by atoms with E-state index in [1.54, 1.807) is 18.1 Å². The van der Waals surface area contributed by atoms with Crippen molar-refractivity contribution in [1.82, 2.24) is 0 Å². The summed E-state index contributed by atoms with van der Waals surface area (Å²) in [5.74, 6) is -2.40. The lowest BCUT2D eigenvalue weighted by Gasteiger charge is -2.63. The van der Waals surface area contributed by atoms with E-state index in [1.807, 2.05) is 6.92 Å². The van der Waals surface area contributed by atoms with Gasteiger partial charge in [0.2, 0.25) is 0 Å². The molecule has 0 amide bonds. The molecule has 1 heterocycles. The van der Waals surface area contributed by atoms with Crippen molar-refractivity contribution in [2.75, 3.05) is 0 Å². The number of aliphatic hydroxyl groups is 2. The third kappa shape index (κ3) is 3.21. The van der Waals surface area contributed by atoms with Crippen molar-refractivity contribution in [3.8, 4) is 0 Å². The predicted octanol–water partition coefficient (Wildman–Crippen LogP) is 6.18. The van der Waals surface area contributed by atoms with E-state index in [1.165, 1.54) is 0 Å². The number of carboxylic acids is 1. The Bertz CT molecular complexity index is 970. The fraction of sp³-hybridized carbons (Fsp3) is 0.903. The standard InChI is InChI=1S/C31H50O5/c1-17-16-31(35,19(3)18(2)26(33)34)36-25-15-22-21(29(7)14-11-20(17)30(25,29)8)9-10-23-27(4,5)24(32)12-13-28(22,23)6/h17-20,23-25,32,35H,9-16H2,1-8H3,(H,33,34)/t17-,18-,19-,20-,23+,24-,25-,28-,29+,30+,31-/m1/s1. The van der Waals surface area contributed by atoms with Crippen LogP contribution in [0.2, 0.25) is 0 Å².